The lowest BCUT2D eigenvalue weighted by molar-refractivity contribution is -0.0164. The average Bonchev–Trinajstić information content (AvgIpc) is 3.20. The van der Waals surface area contributed by atoms with E-state index >= 15 is 0 Å². The molecule has 0 saturated heterocycles. The van der Waals surface area contributed by atoms with E-state index < -0.39 is 0 Å². The fraction of sp³-hybridized carbons (Fsp3) is 0.625. The number of thioether (sulfide) groups is 1. The maximum Gasteiger partial charge on any atom is 0.133 e. The van der Waals surface area contributed by atoms with Crippen LogP contribution in [0.15, 0.2) is 29.2 Å². The molecule has 104 valence electrons. The highest BCUT2D eigenvalue weighted by atomic mass is 32.2. The molecule has 0 heterocycles. The van der Waals surface area contributed by atoms with E-state index in [-0.39, 0.29) is 5.60 Å². The van der Waals surface area contributed by atoms with Gasteiger partial charge in [0.1, 0.15) is 11.4 Å². The van der Waals surface area contributed by atoms with Gasteiger partial charge in [-0.3, -0.25) is 0 Å². The topological polar surface area (TPSA) is 21.3 Å². The number of benzene rings is 1. The van der Waals surface area contributed by atoms with Crippen molar-refractivity contribution in [3.63, 3.8) is 0 Å². The van der Waals surface area contributed by atoms with Crippen molar-refractivity contribution in [1.82, 2.24) is 5.32 Å². The van der Waals surface area contributed by atoms with Crippen molar-refractivity contribution in [2.45, 2.75) is 55.1 Å². The molecule has 2 saturated carbocycles. The van der Waals surface area contributed by atoms with Gasteiger partial charge in [0.15, 0.2) is 0 Å². The van der Waals surface area contributed by atoms with Crippen molar-refractivity contribution < 1.29 is 4.74 Å². The second-order valence-electron chi connectivity index (χ2n) is 5.77. The van der Waals surface area contributed by atoms with Gasteiger partial charge in [0.05, 0.1) is 0 Å². The lowest BCUT2D eigenvalue weighted by Crippen LogP contribution is -2.45. The molecular weight excluding hydrogens is 254 g/mol. The van der Waals surface area contributed by atoms with E-state index in [1.165, 1.54) is 37.0 Å². The summed E-state index contributed by atoms with van der Waals surface area (Å²) in [7, 11) is 0. The smallest absolute Gasteiger partial charge is 0.133 e. The van der Waals surface area contributed by atoms with Crippen molar-refractivity contribution in [3.05, 3.63) is 24.3 Å². The molecule has 0 radical (unpaired) electrons. The van der Waals surface area contributed by atoms with Crippen LogP contribution in [-0.4, -0.2) is 24.4 Å². The minimum absolute atomic E-state index is 0.105. The van der Waals surface area contributed by atoms with Crippen LogP contribution in [0.4, 0.5) is 0 Å². The summed E-state index contributed by atoms with van der Waals surface area (Å²) in [6.07, 6.45) is 9.72. The quantitative estimate of drug-likeness (QED) is 0.765. The molecule has 2 nitrogen and oxygen atoms in total. The standard InChI is InChI=1S/C16H23NOS/c1-19-15-6-3-2-5-14(15)18-16(9-4-10-16)11-12-17-13-7-8-13/h2-3,5-6,13,17H,4,7-12H2,1H3. The van der Waals surface area contributed by atoms with E-state index in [4.69, 9.17) is 4.74 Å². The van der Waals surface area contributed by atoms with Crippen LogP contribution in [0.25, 0.3) is 0 Å². The third kappa shape index (κ3) is 3.26. The summed E-state index contributed by atoms with van der Waals surface area (Å²) in [6, 6.07) is 9.22. The molecule has 19 heavy (non-hydrogen) atoms. The highest BCUT2D eigenvalue weighted by Gasteiger charge is 2.39. The van der Waals surface area contributed by atoms with E-state index in [1.807, 2.05) is 0 Å². The molecule has 1 aromatic carbocycles. The molecule has 2 fully saturated rings. The first-order valence-electron chi connectivity index (χ1n) is 7.37. The number of nitrogens with one attached hydrogen (secondary N) is 1. The fourth-order valence-corrected chi connectivity index (χ4v) is 3.23. The summed E-state index contributed by atoms with van der Waals surface area (Å²) >= 11 is 1.77. The van der Waals surface area contributed by atoms with E-state index in [1.54, 1.807) is 11.8 Å². The number of rotatable bonds is 7. The molecule has 3 rings (SSSR count). The number of para-hydroxylation sites is 1. The summed E-state index contributed by atoms with van der Waals surface area (Å²) < 4.78 is 6.40. The van der Waals surface area contributed by atoms with E-state index in [0.717, 1.165) is 24.8 Å². The monoisotopic (exact) mass is 277 g/mol. The van der Waals surface area contributed by atoms with Crippen molar-refractivity contribution in [3.8, 4) is 5.75 Å². The Kier molecular flexibility index (Phi) is 4.04. The summed E-state index contributed by atoms with van der Waals surface area (Å²) in [5.74, 6) is 1.07. The molecule has 0 aliphatic heterocycles. The highest BCUT2D eigenvalue weighted by molar-refractivity contribution is 7.98. The van der Waals surface area contributed by atoms with Crippen molar-refractivity contribution in [2.24, 2.45) is 0 Å². The molecule has 1 aromatic rings. The van der Waals surface area contributed by atoms with Gasteiger partial charge in [0.25, 0.3) is 0 Å². The molecule has 0 bridgehead atoms. The Morgan fingerprint density at radius 2 is 2.11 bits per heavy atom. The second kappa shape index (κ2) is 5.76. The Hall–Kier alpha value is -0.670. The van der Waals surface area contributed by atoms with Crippen LogP contribution in [0.5, 0.6) is 5.75 Å². The molecule has 3 heteroatoms. The molecule has 0 spiro atoms. The van der Waals surface area contributed by atoms with Crippen LogP contribution in [0.3, 0.4) is 0 Å². The molecule has 2 aliphatic rings. The Bertz CT molecular complexity index is 427. The van der Waals surface area contributed by atoms with Crippen molar-refractivity contribution >= 4 is 11.8 Å². The highest BCUT2D eigenvalue weighted by Crippen LogP contribution is 2.41. The van der Waals surface area contributed by atoms with Gasteiger partial charge in [0.2, 0.25) is 0 Å². The molecular formula is C16H23NOS. The van der Waals surface area contributed by atoms with Gasteiger partial charge in [-0.15, -0.1) is 11.8 Å². The molecule has 0 atom stereocenters. The largest absolute Gasteiger partial charge is 0.486 e. The van der Waals surface area contributed by atoms with E-state index in [0.29, 0.717) is 0 Å². The number of hydrogen-bond donors (Lipinski definition) is 1. The maximum absolute atomic E-state index is 6.40. The normalized spacial score (nSPS) is 20.9. The SMILES string of the molecule is CSc1ccccc1OC1(CCNC2CC2)CCC1. The molecule has 2 aliphatic carbocycles. The molecule has 0 amide bonds. The molecule has 0 aromatic heterocycles. The predicted octanol–water partition coefficient (Wildman–Crippen LogP) is 3.85. The minimum Gasteiger partial charge on any atom is -0.486 e. The first-order chi connectivity index (χ1) is 9.31. The van der Waals surface area contributed by atoms with Crippen LogP contribution in [0.2, 0.25) is 0 Å². The molecule has 1 N–H and O–H groups in total. The summed E-state index contributed by atoms with van der Waals surface area (Å²) in [5, 5.41) is 3.61. The first-order valence-corrected chi connectivity index (χ1v) is 8.59. The first kappa shape index (κ1) is 13.3. The Balaban J connectivity index is 1.61. The van der Waals surface area contributed by atoms with Gasteiger partial charge < -0.3 is 10.1 Å². The summed E-state index contributed by atoms with van der Waals surface area (Å²) in [5.41, 5.74) is 0.105. The minimum atomic E-state index is 0.105. The predicted molar refractivity (Wildman–Crippen MR) is 81.1 cm³/mol. The van der Waals surface area contributed by atoms with Crippen LogP contribution >= 0.6 is 11.8 Å². The summed E-state index contributed by atoms with van der Waals surface area (Å²) in [6.45, 7) is 1.10. The Morgan fingerprint density at radius 1 is 1.32 bits per heavy atom. The van der Waals surface area contributed by atoms with Gasteiger partial charge in [-0.2, -0.15) is 0 Å². The zero-order chi connectivity index (χ0) is 13.1. The van der Waals surface area contributed by atoms with Crippen molar-refractivity contribution in [1.29, 1.82) is 0 Å². The van der Waals surface area contributed by atoms with Crippen LogP contribution in [-0.2, 0) is 0 Å². The zero-order valence-corrected chi connectivity index (χ0v) is 12.5. The van der Waals surface area contributed by atoms with Gasteiger partial charge in [-0.1, -0.05) is 12.1 Å². The summed E-state index contributed by atoms with van der Waals surface area (Å²) in [4.78, 5) is 1.25. The zero-order valence-electron chi connectivity index (χ0n) is 11.7. The Morgan fingerprint density at radius 3 is 2.74 bits per heavy atom. The van der Waals surface area contributed by atoms with E-state index in [2.05, 4.69) is 35.8 Å². The van der Waals surface area contributed by atoms with Crippen LogP contribution in [0, 0.1) is 0 Å². The third-order valence-corrected chi connectivity index (χ3v) is 5.03. The van der Waals surface area contributed by atoms with Crippen LogP contribution < -0.4 is 10.1 Å². The number of hydrogen-bond acceptors (Lipinski definition) is 3. The maximum atomic E-state index is 6.40. The molecule has 0 unspecified atom stereocenters. The Labute approximate surface area is 120 Å². The fourth-order valence-electron chi connectivity index (χ4n) is 2.70. The van der Waals surface area contributed by atoms with Gasteiger partial charge >= 0.3 is 0 Å². The van der Waals surface area contributed by atoms with E-state index in [9.17, 15) is 0 Å². The van der Waals surface area contributed by atoms with Crippen molar-refractivity contribution in [2.75, 3.05) is 12.8 Å². The van der Waals surface area contributed by atoms with Gasteiger partial charge in [-0.25, -0.2) is 0 Å². The second-order valence-corrected chi connectivity index (χ2v) is 6.62. The average molecular weight is 277 g/mol. The van der Waals surface area contributed by atoms with Gasteiger partial charge in [-0.05, 0) is 63.5 Å². The van der Waals surface area contributed by atoms with Crippen LogP contribution in [0.1, 0.15) is 38.5 Å². The number of ether oxygens (including phenoxy) is 1. The lowest BCUT2D eigenvalue weighted by Gasteiger charge is -2.42. The third-order valence-electron chi connectivity index (χ3n) is 4.25. The van der Waals surface area contributed by atoms with Gasteiger partial charge in [0, 0.05) is 10.9 Å². The lowest BCUT2D eigenvalue weighted by atomic mass is 9.77.